The molecule has 0 aliphatic rings. The summed E-state index contributed by atoms with van der Waals surface area (Å²) in [6.07, 6.45) is 0.762. The van der Waals surface area contributed by atoms with Crippen molar-refractivity contribution < 1.29 is 14.4 Å². The molecule has 0 saturated heterocycles. The lowest BCUT2D eigenvalue weighted by Crippen LogP contribution is -2.12. The van der Waals surface area contributed by atoms with Crippen molar-refractivity contribution in [1.82, 2.24) is 0 Å². The number of hydrogen-bond donors (Lipinski definition) is 2. The molecule has 0 fully saturated rings. The molecule has 0 amide bonds. The summed E-state index contributed by atoms with van der Waals surface area (Å²) in [6.45, 7) is 5.79. The van der Waals surface area contributed by atoms with E-state index < -0.39 is 7.60 Å². The van der Waals surface area contributed by atoms with E-state index >= 15 is 0 Å². The number of hydrogen-bond acceptors (Lipinski definition) is 1. The predicted molar refractivity (Wildman–Crippen MR) is 69.2 cm³/mol. The van der Waals surface area contributed by atoms with Gasteiger partial charge in [0.1, 0.15) is 0 Å². The zero-order valence-electron chi connectivity index (χ0n) is 10.3. The van der Waals surface area contributed by atoms with E-state index in [1.165, 1.54) is 6.07 Å². The summed E-state index contributed by atoms with van der Waals surface area (Å²) in [5.41, 5.74) is 1.38. The van der Waals surface area contributed by atoms with Crippen LogP contribution in [-0.4, -0.2) is 9.79 Å². The molecule has 0 unspecified atom stereocenters. The number of rotatable bonds is 3. The Hall–Kier alpha value is -1.07. The first-order valence-electron chi connectivity index (χ1n) is 5.47. The molecular formula is C13H17O3P. The molecule has 0 heterocycles. The first-order valence-corrected chi connectivity index (χ1v) is 7.08. The maximum Gasteiger partial charge on any atom is 0.357 e. The zero-order chi connectivity index (χ0) is 13.1. The van der Waals surface area contributed by atoms with E-state index in [-0.39, 0.29) is 5.30 Å². The molecule has 3 nitrogen and oxygen atoms in total. The molecule has 0 saturated carbocycles. The summed E-state index contributed by atoms with van der Waals surface area (Å²) in [7, 11) is -4.26. The van der Waals surface area contributed by atoms with Crippen molar-refractivity contribution in [3.63, 3.8) is 0 Å². The van der Waals surface area contributed by atoms with Crippen molar-refractivity contribution in [3.8, 4) is 11.8 Å². The van der Waals surface area contributed by atoms with E-state index in [4.69, 9.17) is 0 Å². The van der Waals surface area contributed by atoms with E-state index in [9.17, 15) is 14.4 Å². The fourth-order valence-electron chi connectivity index (χ4n) is 1.71. The first-order chi connectivity index (χ1) is 7.86. The molecule has 0 atom stereocenters. The minimum absolute atomic E-state index is 0.0324. The molecule has 0 spiro atoms. The normalized spacial score (nSPS) is 11.2. The second-order valence-electron chi connectivity index (χ2n) is 4.33. The Kier molecular flexibility index (Phi) is 4.54. The Morgan fingerprint density at radius 2 is 2.00 bits per heavy atom. The lowest BCUT2D eigenvalue weighted by atomic mass is 9.98. The van der Waals surface area contributed by atoms with Crippen LogP contribution < -0.4 is 5.30 Å². The standard InChI is InChI=1S/C13H17O3P/c1-4-6-12-11(9-10(2)3)7-5-8-13(12)17(14,15)16/h5,7-8,10H,9H2,1-3H3,(H2,14,15,16). The molecule has 4 heteroatoms. The van der Waals surface area contributed by atoms with Gasteiger partial charge in [-0.05, 0) is 30.9 Å². The van der Waals surface area contributed by atoms with Crippen molar-refractivity contribution >= 4 is 12.9 Å². The maximum atomic E-state index is 11.4. The van der Waals surface area contributed by atoms with Crippen LogP contribution in [0, 0.1) is 17.8 Å². The zero-order valence-corrected chi connectivity index (χ0v) is 11.2. The van der Waals surface area contributed by atoms with Gasteiger partial charge in [-0.25, -0.2) is 0 Å². The lowest BCUT2D eigenvalue weighted by molar-refractivity contribution is 0.387. The molecule has 0 aliphatic carbocycles. The molecular weight excluding hydrogens is 235 g/mol. The van der Waals surface area contributed by atoms with Crippen LogP contribution in [0.1, 0.15) is 31.9 Å². The van der Waals surface area contributed by atoms with Gasteiger partial charge in [0.25, 0.3) is 0 Å². The van der Waals surface area contributed by atoms with E-state index in [0.717, 1.165) is 12.0 Å². The third kappa shape index (κ3) is 3.71. The summed E-state index contributed by atoms with van der Waals surface area (Å²) in [5.74, 6) is 5.95. The quantitative estimate of drug-likeness (QED) is 0.639. The summed E-state index contributed by atoms with van der Waals surface area (Å²) >= 11 is 0. The Morgan fingerprint density at radius 1 is 1.35 bits per heavy atom. The molecule has 0 aromatic heterocycles. The summed E-state index contributed by atoms with van der Waals surface area (Å²) < 4.78 is 11.4. The van der Waals surface area contributed by atoms with Gasteiger partial charge in [0.2, 0.25) is 0 Å². The van der Waals surface area contributed by atoms with E-state index in [0.29, 0.717) is 11.5 Å². The topological polar surface area (TPSA) is 57.5 Å². The Labute approximate surface area is 102 Å². The lowest BCUT2D eigenvalue weighted by Gasteiger charge is -2.13. The van der Waals surface area contributed by atoms with Gasteiger partial charge >= 0.3 is 7.60 Å². The van der Waals surface area contributed by atoms with Crippen LogP contribution in [0.3, 0.4) is 0 Å². The van der Waals surface area contributed by atoms with Crippen LogP contribution in [-0.2, 0) is 11.0 Å². The second kappa shape index (κ2) is 5.51. The number of benzene rings is 1. The van der Waals surface area contributed by atoms with E-state index in [2.05, 4.69) is 25.7 Å². The van der Waals surface area contributed by atoms with Crippen molar-refractivity contribution in [2.24, 2.45) is 5.92 Å². The molecule has 2 N–H and O–H groups in total. The first kappa shape index (κ1) is 14.0. The van der Waals surface area contributed by atoms with Crippen LogP contribution in [0.15, 0.2) is 18.2 Å². The molecule has 1 rings (SSSR count). The molecule has 92 valence electrons. The fraction of sp³-hybridized carbons (Fsp3) is 0.385. The van der Waals surface area contributed by atoms with Gasteiger partial charge < -0.3 is 9.79 Å². The van der Waals surface area contributed by atoms with Gasteiger partial charge in [-0.15, -0.1) is 5.92 Å². The van der Waals surface area contributed by atoms with Crippen LogP contribution in [0.4, 0.5) is 0 Å². The molecule has 0 radical (unpaired) electrons. The summed E-state index contributed by atoms with van der Waals surface area (Å²) in [6, 6.07) is 5.00. The average molecular weight is 252 g/mol. The van der Waals surface area contributed by atoms with Crippen LogP contribution in [0.25, 0.3) is 0 Å². The smallest absolute Gasteiger partial charge is 0.321 e. The van der Waals surface area contributed by atoms with Gasteiger partial charge in [-0.3, -0.25) is 4.57 Å². The van der Waals surface area contributed by atoms with Crippen LogP contribution in [0.5, 0.6) is 0 Å². The Morgan fingerprint density at radius 3 is 2.47 bits per heavy atom. The molecule has 0 bridgehead atoms. The highest BCUT2D eigenvalue weighted by atomic mass is 31.2. The van der Waals surface area contributed by atoms with Gasteiger partial charge in [0.05, 0.1) is 5.30 Å². The fourth-order valence-corrected chi connectivity index (χ4v) is 2.48. The third-order valence-corrected chi connectivity index (χ3v) is 3.32. The van der Waals surface area contributed by atoms with Crippen molar-refractivity contribution in [2.75, 3.05) is 0 Å². The summed E-state index contributed by atoms with van der Waals surface area (Å²) in [4.78, 5) is 18.6. The van der Waals surface area contributed by atoms with E-state index in [1.54, 1.807) is 13.0 Å². The van der Waals surface area contributed by atoms with Crippen LogP contribution in [0.2, 0.25) is 0 Å². The van der Waals surface area contributed by atoms with Crippen LogP contribution >= 0.6 is 7.60 Å². The molecule has 17 heavy (non-hydrogen) atoms. The van der Waals surface area contributed by atoms with Gasteiger partial charge in [-0.2, -0.15) is 0 Å². The molecule has 0 aliphatic heterocycles. The van der Waals surface area contributed by atoms with Gasteiger partial charge in [0.15, 0.2) is 0 Å². The van der Waals surface area contributed by atoms with Crippen molar-refractivity contribution in [2.45, 2.75) is 27.2 Å². The molecule has 1 aromatic carbocycles. The minimum Gasteiger partial charge on any atom is -0.321 e. The monoisotopic (exact) mass is 252 g/mol. The second-order valence-corrected chi connectivity index (χ2v) is 5.90. The predicted octanol–water partition coefficient (Wildman–Crippen LogP) is 2.06. The van der Waals surface area contributed by atoms with Gasteiger partial charge in [0, 0.05) is 5.56 Å². The largest absolute Gasteiger partial charge is 0.357 e. The minimum atomic E-state index is -4.26. The SMILES string of the molecule is CC#Cc1c(CC(C)C)cccc1P(=O)(O)O. The third-order valence-electron chi connectivity index (χ3n) is 2.32. The molecule has 1 aromatic rings. The summed E-state index contributed by atoms with van der Waals surface area (Å²) in [5, 5.41) is 0.0324. The van der Waals surface area contributed by atoms with Crippen molar-refractivity contribution in [3.05, 3.63) is 29.3 Å². The Bertz CT molecular complexity index is 503. The maximum absolute atomic E-state index is 11.4. The van der Waals surface area contributed by atoms with Gasteiger partial charge in [-0.1, -0.05) is 31.9 Å². The highest BCUT2D eigenvalue weighted by Gasteiger charge is 2.22. The van der Waals surface area contributed by atoms with E-state index in [1.807, 2.05) is 6.07 Å². The highest BCUT2D eigenvalue weighted by Crippen LogP contribution is 2.35. The highest BCUT2D eigenvalue weighted by molar-refractivity contribution is 7.60. The van der Waals surface area contributed by atoms with Crippen molar-refractivity contribution in [1.29, 1.82) is 0 Å². The Balaban J connectivity index is 3.41. The average Bonchev–Trinajstić information content (AvgIpc) is 2.18.